The maximum atomic E-state index is 13.1. The molecule has 0 bridgehead atoms. The zero-order valence-electron chi connectivity index (χ0n) is 19.7. The number of imidazole rings is 1. The van der Waals surface area contributed by atoms with Crippen molar-refractivity contribution in [2.24, 2.45) is 0 Å². The number of amides is 1. The fourth-order valence-corrected chi connectivity index (χ4v) is 4.21. The van der Waals surface area contributed by atoms with E-state index in [1.807, 2.05) is 56.4 Å². The van der Waals surface area contributed by atoms with Crippen molar-refractivity contribution in [3.63, 3.8) is 0 Å². The first-order valence-electron chi connectivity index (χ1n) is 10.8. The lowest BCUT2D eigenvalue weighted by molar-refractivity contribution is -0.142. The molecule has 0 spiro atoms. The van der Waals surface area contributed by atoms with Gasteiger partial charge in [0, 0.05) is 19.5 Å². The molecule has 0 radical (unpaired) electrons. The fraction of sp³-hybridized carbons (Fsp3) is 0.269. The third-order valence-electron chi connectivity index (χ3n) is 5.53. The van der Waals surface area contributed by atoms with Crippen molar-refractivity contribution >= 4 is 29.0 Å². The number of rotatable bonds is 5. The van der Waals surface area contributed by atoms with Crippen LogP contribution in [0, 0.1) is 27.7 Å². The average Bonchev–Trinajstić information content (AvgIpc) is 3.33. The highest BCUT2D eigenvalue weighted by molar-refractivity contribution is 6.03. The summed E-state index contributed by atoms with van der Waals surface area (Å²) in [7, 11) is 0. The number of esters is 1. The van der Waals surface area contributed by atoms with E-state index in [0.717, 1.165) is 28.1 Å². The summed E-state index contributed by atoms with van der Waals surface area (Å²) in [4.78, 5) is 30.9. The standard InChI is InChI=1S/C26H27N3O4/c1-15-12-18(4)28-23(13-15)27-24(22-11-10-21(33-22)14-32-20(6)31)26(28)29(19(5)30)25-16(2)8-7-9-17(25)3/h7-13H,14H2,1-6H3. The molecule has 170 valence electrons. The SMILES string of the molecule is CC(=O)OCc1ccc(-c2nc3cc(C)cc(C)n3c2N(C(C)=O)c2c(C)cccc2C)o1. The van der Waals surface area contributed by atoms with Crippen molar-refractivity contribution in [1.29, 1.82) is 0 Å². The predicted octanol–water partition coefficient (Wildman–Crippen LogP) is 5.58. The van der Waals surface area contributed by atoms with Crippen LogP contribution in [0.4, 0.5) is 11.5 Å². The minimum absolute atomic E-state index is 0.0312. The van der Waals surface area contributed by atoms with Crippen LogP contribution < -0.4 is 4.90 Å². The van der Waals surface area contributed by atoms with Gasteiger partial charge >= 0.3 is 5.97 Å². The van der Waals surface area contributed by atoms with Crippen LogP contribution in [0.5, 0.6) is 0 Å². The Kier molecular flexibility index (Phi) is 5.80. The van der Waals surface area contributed by atoms with Gasteiger partial charge in [-0.3, -0.25) is 18.9 Å². The van der Waals surface area contributed by atoms with E-state index in [9.17, 15) is 9.59 Å². The van der Waals surface area contributed by atoms with Crippen LogP contribution >= 0.6 is 0 Å². The molecule has 0 aliphatic carbocycles. The normalized spacial score (nSPS) is 11.1. The number of para-hydroxylation sites is 1. The number of fused-ring (bicyclic) bond motifs is 1. The molecule has 7 heteroatoms. The van der Waals surface area contributed by atoms with Crippen LogP contribution in [0.2, 0.25) is 0 Å². The molecule has 1 amide bonds. The first-order valence-corrected chi connectivity index (χ1v) is 10.8. The molecule has 0 saturated carbocycles. The number of ether oxygens (including phenoxy) is 1. The summed E-state index contributed by atoms with van der Waals surface area (Å²) in [5, 5.41) is 0. The van der Waals surface area contributed by atoms with E-state index in [1.54, 1.807) is 24.0 Å². The third-order valence-corrected chi connectivity index (χ3v) is 5.53. The van der Waals surface area contributed by atoms with Gasteiger partial charge in [0.05, 0.1) is 5.69 Å². The zero-order valence-corrected chi connectivity index (χ0v) is 19.7. The number of hydrogen-bond donors (Lipinski definition) is 0. The van der Waals surface area contributed by atoms with E-state index in [4.69, 9.17) is 14.1 Å². The van der Waals surface area contributed by atoms with Crippen molar-refractivity contribution in [3.05, 3.63) is 70.6 Å². The molecule has 0 N–H and O–H groups in total. The van der Waals surface area contributed by atoms with Crippen LogP contribution in [-0.4, -0.2) is 21.3 Å². The van der Waals surface area contributed by atoms with Crippen LogP contribution in [0.25, 0.3) is 17.1 Å². The number of benzene rings is 1. The second kappa shape index (κ2) is 8.58. The second-order valence-corrected chi connectivity index (χ2v) is 8.29. The van der Waals surface area contributed by atoms with Gasteiger partial charge in [-0.15, -0.1) is 0 Å². The summed E-state index contributed by atoms with van der Waals surface area (Å²) in [5.41, 5.74) is 6.04. The Hall–Kier alpha value is -3.87. The van der Waals surface area contributed by atoms with Crippen molar-refractivity contribution in [3.8, 4) is 11.5 Å². The number of furan rings is 1. The van der Waals surface area contributed by atoms with Crippen LogP contribution in [0.3, 0.4) is 0 Å². The zero-order chi connectivity index (χ0) is 23.9. The molecule has 4 aromatic rings. The van der Waals surface area contributed by atoms with Gasteiger partial charge in [-0.05, 0) is 68.7 Å². The Balaban J connectivity index is 2.00. The van der Waals surface area contributed by atoms with Crippen LogP contribution in [0.15, 0.2) is 46.9 Å². The molecule has 4 rings (SSSR count). The molecule has 0 aliphatic heterocycles. The Morgan fingerprint density at radius 1 is 1.03 bits per heavy atom. The van der Waals surface area contributed by atoms with Crippen molar-refractivity contribution < 1.29 is 18.7 Å². The van der Waals surface area contributed by atoms with Gasteiger partial charge in [0.25, 0.3) is 0 Å². The highest BCUT2D eigenvalue weighted by Gasteiger charge is 2.29. The lowest BCUT2D eigenvalue weighted by Crippen LogP contribution is -2.26. The van der Waals surface area contributed by atoms with E-state index in [1.165, 1.54) is 6.92 Å². The van der Waals surface area contributed by atoms with Crippen molar-refractivity contribution in [1.82, 2.24) is 9.38 Å². The number of aromatic nitrogens is 2. The number of nitrogens with zero attached hydrogens (tertiary/aromatic N) is 3. The van der Waals surface area contributed by atoms with Gasteiger partial charge in [0.1, 0.15) is 23.7 Å². The maximum absolute atomic E-state index is 13.1. The number of carbonyl (C=O) groups excluding carboxylic acids is 2. The van der Waals surface area contributed by atoms with Crippen LogP contribution in [-0.2, 0) is 20.9 Å². The van der Waals surface area contributed by atoms with Crippen molar-refractivity contribution in [2.45, 2.75) is 48.1 Å². The summed E-state index contributed by atoms with van der Waals surface area (Å²) in [6.07, 6.45) is 0. The summed E-state index contributed by atoms with van der Waals surface area (Å²) in [5.74, 6) is 1.08. The first-order chi connectivity index (χ1) is 15.7. The number of aryl methyl sites for hydroxylation is 4. The Bertz CT molecular complexity index is 1360. The Morgan fingerprint density at radius 2 is 1.73 bits per heavy atom. The largest absolute Gasteiger partial charge is 0.458 e. The fourth-order valence-electron chi connectivity index (χ4n) is 4.21. The molecular weight excluding hydrogens is 418 g/mol. The molecule has 0 fully saturated rings. The highest BCUT2D eigenvalue weighted by atomic mass is 16.5. The molecule has 3 heterocycles. The summed E-state index contributed by atoms with van der Waals surface area (Å²) < 4.78 is 13.0. The quantitative estimate of drug-likeness (QED) is 0.375. The number of anilines is 2. The van der Waals surface area contributed by atoms with Gasteiger partial charge in [-0.25, -0.2) is 4.98 Å². The number of carbonyl (C=O) groups is 2. The minimum Gasteiger partial charge on any atom is -0.458 e. The van der Waals surface area contributed by atoms with Gasteiger partial charge in [-0.1, -0.05) is 18.2 Å². The summed E-state index contributed by atoms with van der Waals surface area (Å²) >= 11 is 0. The Labute approximate surface area is 192 Å². The maximum Gasteiger partial charge on any atom is 0.303 e. The van der Waals surface area contributed by atoms with E-state index in [0.29, 0.717) is 28.7 Å². The highest BCUT2D eigenvalue weighted by Crippen LogP contribution is 2.40. The first kappa shape index (κ1) is 22.3. The summed E-state index contributed by atoms with van der Waals surface area (Å²) in [6.45, 7) is 10.9. The smallest absolute Gasteiger partial charge is 0.303 e. The second-order valence-electron chi connectivity index (χ2n) is 8.29. The molecule has 7 nitrogen and oxygen atoms in total. The molecule has 3 aromatic heterocycles. The molecule has 0 saturated heterocycles. The topological polar surface area (TPSA) is 77.0 Å². The van der Waals surface area contributed by atoms with Gasteiger partial charge < -0.3 is 9.15 Å². The third kappa shape index (κ3) is 4.14. The molecule has 0 aliphatic rings. The number of pyridine rings is 1. The molecule has 0 atom stereocenters. The summed E-state index contributed by atoms with van der Waals surface area (Å²) in [6, 6.07) is 13.5. The molecular formula is C26H27N3O4. The lowest BCUT2D eigenvalue weighted by atomic mass is 10.1. The minimum atomic E-state index is -0.384. The van der Waals surface area contributed by atoms with Crippen molar-refractivity contribution in [2.75, 3.05) is 4.90 Å². The Morgan fingerprint density at radius 3 is 2.36 bits per heavy atom. The molecule has 1 aromatic carbocycles. The van der Waals surface area contributed by atoms with E-state index in [-0.39, 0.29) is 18.5 Å². The van der Waals surface area contributed by atoms with E-state index < -0.39 is 0 Å². The van der Waals surface area contributed by atoms with Gasteiger partial charge in [0.15, 0.2) is 11.6 Å². The van der Waals surface area contributed by atoms with E-state index in [2.05, 4.69) is 6.07 Å². The molecule has 0 unspecified atom stereocenters. The number of hydrogen-bond acceptors (Lipinski definition) is 5. The van der Waals surface area contributed by atoms with Gasteiger partial charge in [0.2, 0.25) is 5.91 Å². The predicted molar refractivity (Wildman–Crippen MR) is 127 cm³/mol. The average molecular weight is 446 g/mol. The van der Waals surface area contributed by atoms with E-state index >= 15 is 0 Å². The van der Waals surface area contributed by atoms with Crippen LogP contribution in [0.1, 0.15) is 42.0 Å². The lowest BCUT2D eigenvalue weighted by Gasteiger charge is -2.26. The monoisotopic (exact) mass is 445 g/mol. The van der Waals surface area contributed by atoms with Gasteiger partial charge in [-0.2, -0.15) is 0 Å². The molecule has 33 heavy (non-hydrogen) atoms.